The molecule has 2 N–H and O–H groups in total. The molecule has 2 aliphatic rings. The van der Waals surface area contributed by atoms with Crippen LogP contribution in [0.2, 0.25) is 5.02 Å². The maximum absolute atomic E-state index is 15.0. The number of hydrogen-bond acceptors (Lipinski definition) is 9. The topological polar surface area (TPSA) is 160 Å². The van der Waals surface area contributed by atoms with Crippen LogP contribution in [0.3, 0.4) is 0 Å². The third-order valence-electron chi connectivity index (χ3n) is 9.80. The first-order valence-electron chi connectivity index (χ1n) is 16.2. The van der Waals surface area contributed by atoms with Crippen molar-refractivity contribution < 1.29 is 32.3 Å². The second kappa shape index (κ2) is 12.6. The van der Waals surface area contributed by atoms with Gasteiger partial charge in [-0.2, -0.15) is 22.7 Å². The van der Waals surface area contributed by atoms with E-state index < -0.39 is 46.9 Å². The molecule has 0 bridgehead atoms. The smallest absolute Gasteiger partial charge is 0.416 e. The summed E-state index contributed by atoms with van der Waals surface area (Å²) in [6.45, 7) is 5.10. The molecule has 1 aliphatic carbocycles. The van der Waals surface area contributed by atoms with Gasteiger partial charge in [0.15, 0.2) is 23.1 Å². The molecule has 2 amide bonds. The molecule has 18 heteroatoms. The summed E-state index contributed by atoms with van der Waals surface area (Å²) in [6.07, 6.45) is -1.23. The first-order valence-corrected chi connectivity index (χ1v) is 16.6. The number of aryl methyl sites for hydroxylation is 2. The van der Waals surface area contributed by atoms with Crippen LogP contribution >= 0.6 is 11.6 Å². The molecule has 1 fully saturated rings. The van der Waals surface area contributed by atoms with Crippen molar-refractivity contribution in [2.24, 2.45) is 0 Å². The lowest BCUT2D eigenvalue weighted by Crippen LogP contribution is -2.46. The second-order valence-electron chi connectivity index (χ2n) is 13.2. The molecule has 13 nitrogen and oxygen atoms in total. The van der Waals surface area contributed by atoms with Crippen molar-refractivity contribution in [1.82, 2.24) is 39.0 Å². The van der Waals surface area contributed by atoms with E-state index in [2.05, 4.69) is 30.4 Å². The number of benzene rings is 1. The Morgan fingerprint density at radius 1 is 1.12 bits per heavy atom. The van der Waals surface area contributed by atoms with Crippen LogP contribution < -0.4 is 10.9 Å². The second-order valence-corrected chi connectivity index (χ2v) is 13.6. The highest BCUT2D eigenvalue weighted by Gasteiger charge is 2.49. The zero-order valence-electron chi connectivity index (χ0n) is 27.9. The van der Waals surface area contributed by atoms with Gasteiger partial charge in [0.1, 0.15) is 12.9 Å². The molecule has 1 aliphatic heterocycles. The average Bonchev–Trinajstić information content (AvgIpc) is 3.66. The SMILES string of the molecule is Cc1cc(-c2nc3n(CC(=O)Nc4ccc(C(F)(F)F)cc4Cl)c4c(c(=O)n3n2)C2(CCN(C(=O)c3ncnc(C)c3O)CC2)CC4C)c(F)cn1. The minimum absolute atomic E-state index is 0.0129. The van der Waals surface area contributed by atoms with Crippen LogP contribution in [0.15, 0.2) is 41.6 Å². The molecular weight excluding hydrogens is 710 g/mol. The van der Waals surface area contributed by atoms with Gasteiger partial charge in [-0.3, -0.25) is 19.4 Å². The van der Waals surface area contributed by atoms with E-state index in [4.69, 9.17) is 11.6 Å². The van der Waals surface area contributed by atoms with Crippen molar-refractivity contribution >= 4 is 34.9 Å². The molecule has 5 heterocycles. The van der Waals surface area contributed by atoms with Gasteiger partial charge in [0.2, 0.25) is 11.7 Å². The zero-order chi connectivity index (χ0) is 37.3. The van der Waals surface area contributed by atoms with Crippen molar-refractivity contribution in [2.45, 2.75) is 64.1 Å². The Bertz CT molecular complexity index is 2350. The van der Waals surface area contributed by atoms with Crippen molar-refractivity contribution in [3.63, 3.8) is 0 Å². The average molecular weight is 740 g/mol. The van der Waals surface area contributed by atoms with Gasteiger partial charge in [0, 0.05) is 35.5 Å². The Balaban J connectivity index is 1.29. The molecule has 270 valence electrons. The molecular formula is C34H30ClF4N9O4. The van der Waals surface area contributed by atoms with Crippen molar-refractivity contribution in [3.8, 4) is 17.1 Å². The molecule has 1 unspecified atom stereocenters. The molecule has 52 heavy (non-hydrogen) atoms. The van der Waals surface area contributed by atoms with E-state index in [-0.39, 0.29) is 64.0 Å². The summed E-state index contributed by atoms with van der Waals surface area (Å²) in [6, 6.07) is 3.98. The number of halogens is 5. The minimum atomic E-state index is -4.64. The molecule has 0 saturated carbocycles. The van der Waals surface area contributed by atoms with E-state index in [0.29, 0.717) is 42.3 Å². The van der Waals surface area contributed by atoms with E-state index in [9.17, 15) is 37.1 Å². The van der Waals surface area contributed by atoms with E-state index in [0.717, 1.165) is 22.8 Å². The number of carbonyl (C=O) groups excluding carboxylic acids is 2. The Hall–Kier alpha value is -5.45. The van der Waals surface area contributed by atoms with E-state index in [1.54, 1.807) is 18.7 Å². The number of anilines is 1. The number of piperidine rings is 1. The normalized spacial score (nSPS) is 16.8. The maximum atomic E-state index is 15.0. The number of pyridine rings is 1. The number of alkyl halides is 3. The molecule has 5 aromatic rings. The first-order chi connectivity index (χ1) is 24.6. The quantitative estimate of drug-likeness (QED) is 0.231. The number of aromatic hydroxyl groups is 1. The molecule has 1 spiro atoms. The summed E-state index contributed by atoms with van der Waals surface area (Å²) < 4.78 is 57.2. The Kier molecular flexibility index (Phi) is 8.51. The predicted molar refractivity (Wildman–Crippen MR) is 179 cm³/mol. The highest BCUT2D eigenvalue weighted by atomic mass is 35.5. The minimum Gasteiger partial charge on any atom is -0.504 e. The zero-order valence-corrected chi connectivity index (χ0v) is 28.7. The summed E-state index contributed by atoms with van der Waals surface area (Å²) in [5.74, 6) is -2.67. The maximum Gasteiger partial charge on any atom is 0.416 e. The number of rotatable bonds is 5. The van der Waals surface area contributed by atoms with Crippen LogP contribution in [0.5, 0.6) is 5.75 Å². The highest BCUT2D eigenvalue weighted by Crippen LogP contribution is 2.50. The van der Waals surface area contributed by atoms with E-state index >= 15 is 0 Å². The van der Waals surface area contributed by atoms with Gasteiger partial charge in [-0.15, -0.1) is 5.10 Å². The number of nitrogens with zero attached hydrogens (tertiary/aromatic N) is 8. The Labute approximate surface area is 297 Å². The molecule has 1 saturated heterocycles. The number of carbonyl (C=O) groups is 2. The Morgan fingerprint density at radius 3 is 2.54 bits per heavy atom. The van der Waals surface area contributed by atoms with E-state index in [1.165, 1.54) is 17.0 Å². The van der Waals surface area contributed by atoms with Gasteiger partial charge in [0.25, 0.3) is 11.5 Å². The van der Waals surface area contributed by atoms with Gasteiger partial charge < -0.3 is 19.9 Å². The largest absolute Gasteiger partial charge is 0.504 e. The van der Waals surface area contributed by atoms with Crippen LogP contribution in [0.25, 0.3) is 17.2 Å². The number of likely N-dealkylation sites (tertiary alicyclic amines) is 1. The van der Waals surface area contributed by atoms with Crippen LogP contribution in [0.1, 0.15) is 70.8 Å². The Morgan fingerprint density at radius 2 is 1.85 bits per heavy atom. The molecule has 7 rings (SSSR count). The fourth-order valence-electron chi connectivity index (χ4n) is 7.34. The molecule has 1 aromatic carbocycles. The standard InChI is InChI=1S/C34H30ClF4N9O4/c1-16-12-33(6-8-46(9-7-33)31(52)26-28(50)18(3)41-15-42-26)25-27(16)47(14-24(49)43-23-5-4-19(11-21(23)35)34(37,38)39)32-44-29(45-48(32)30(25)51)20-10-17(2)40-13-22(20)36/h4-5,10-11,13,15-16,50H,6-9,12,14H2,1-3H3,(H,43,49). The van der Waals surface area contributed by atoms with Crippen LogP contribution in [-0.2, 0) is 22.9 Å². The van der Waals surface area contributed by atoms with Gasteiger partial charge in [-0.05, 0) is 63.3 Å². The van der Waals surface area contributed by atoms with Crippen LogP contribution in [-0.4, -0.2) is 69.0 Å². The molecule has 0 radical (unpaired) electrons. The van der Waals surface area contributed by atoms with Gasteiger partial charge in [-0.25, -0.2) is 14.4 Å². The van der Waals surface area contributed by atoms with E-state index in [1.807, 2.05) is 6.92 Å². The fourth-order valence-corrected chi connectivity index (χ4v) is 7.57. The molecule has 1 atom stereocenters. The summed E-state index contributed by atoms with van der Waals surface area (Å²) in [5.41, 5.74) is -0.831. The summed E-state index contributed by atoms with van der Waals surface area (Å²) >= 11 is 6.12. The van der Waals surface area contributed by atoms with Gasteiger partial charge >= 0.3 is 6.18 Å². The third kappa shape index (κ3) is 5.91. The number of nitrogens with one attached hydrogen (secondary N) is 1. The number of hydrogen-bond donors (Lipinski definition) is 2. The third-order valence-corrected chi connectivity index (χ3v) is 10.1. The lowest BCUT2D eigenvalue weighted by Gasteiger charge is -2.39. The predicted octanol–water partition coefficient (Wildman–Crippen LogP) is 5.20. The lowest BCUT2D eigenvalue weighted by molar-refractivity contribution is -0.137. The monoisotopic (exact) mass is 739 g/mol. The van der Waals surface area contributed by atoms with Crippen molar-refractivity contribution in [1.29, 1.82) is 0 Å². The fraction of sp³-hybridized carbons (Fsp3) is 0.353. The number of aromatic nitrogens is 7. The lowest BCUT2D eigenvalue weighted by atomic mass is 9.73. The summed E-state index contributed by atoms with van der Waals surface area (Å²) in [7, 11) is 0. The first kappa shape index (κ1) is 35.0. The van der Waals surface area contributed by atoms with Crippen LogP contribution in [0, 0.1) is 19.7 Å². The molecule has 4 aromatic heterocycles. The van der Waals surface area contributed by atoms with Crippen molar-refractivity contribution in [3.05, 3.63) is 91.9 Å². The summed E-state index contributed by atoms with van der Waals surface area (Å²) in [5, 5.41) is 17.1. The van der Waals surface area contributed by atoms with Crippen LogP contribution in [0.4, 0.5) is 23.2 Å². The summed E-state index contributed by atoms with van der Waals surface area (Å²) in [4.78, 5) is 59.3. The number of amides is 2. The highest BCUT2D eigenvalue weighted by molar-refractivity contribution is 6.33. The van der Waals surface area contributed by atoms with Crippen molar-refractivity contribution in [2.75, 3.05) is 18.4 Å². The van der Waals surface area contributed by atoms with Gasteiger partial charge in [-0.1, -0.05) is 18.5 Å². The van der Waals surface area contributed by atoms with Gasteiger partial charge in [0.05, 0.1) is 33.7 Å². The number of fused-ring (bicyclic) bond motifs is 3.